The number of ketones is 1. The van der Waals surface area contributed by atoms with Crippen molar-refractivity contribution >= 4 is 47.1 Å². The predicted octanol–water partition coefficient (Wildman–Crippen LogP) is 1.87. The van der Waals surface area contributed by atoms with E-state index in [4.69, 9.17) is 0 Å². The van der Waals surface area contributed by atoms with Gasteiger partial charge >= 0.3 is 0 Å². The van der Waals surface area contributed by atoms with Crippen LogP contribution in [0.1, 0.15) is 44.0 Å². The second kappa shape index (κ2) is 12.8. The highest BCUT2D eigenvalue weighted by molar-refractivity contribution is 6.11. The molecule has 3 rings (SSSR count). The molecule has 0 fully saturated rings. The highest BCUT2D eigenvalue weighted by Gasteiger charge is 2.38. The van der Waals surface area contributed by atoms with Crippen LogP contribution >= 0.6 is 0 Å². The lowest BCUT2D eigenvalue weighted by Crippen LogP contribution is -2.54. The molecule has 1 heterocycles. The number of fused-ring (bicyclic) bond motifs is 1. The first-order valence-electron chi connectivity index (χ1n) is 12.4. The van der Waals surface area contributed by atoms with Gasteiger partial charge in [0.15, 0.2) is 0 Å². The summed E-state index contributed by atoms with van der Waals surface area (Å²) >= 11 is 0. The molecule has 2 N–H and O–H groups in total. The first-order valence-corrected chi connectivity index (χ1v) is 12.4. The van der Waals surface area contributed by atoms with Gasteiger partial charge in [0.25, 0.3) is 11.8 Å². The monoisotopic (exact) mass is 520 g/mol. The van der Waals surface area contributed by atoms with Gasteiger partial charge in [-0.3, -0.25) is 28.9 Å². The van der Waals surface area contributed by atoms with E-state index in [0.29, 0.717) is 23.2 Å². The average Bonchev–Trinajstić information content (AvgIpc) is 2.98. The summed E-state index contributed by atoms with van der Waals surface area (Å²) < 4.78 is 0. The first kappa shape index (κ1) is 28.2. The molecular formula is C28H32N4O6. The SMILES string of the molecule is CC(=O)C[C@@H](C=O)NC(=O)CN1C(=O)[C@@H](NC(=O)c2ccccc2)CN(C(=O)CC(C)C)c2ccccc21. The number of nitrogens with one attached hydrogen (secondary N) is 2. The Morgan fingerprint density at radius 1 is 0.974 bits per heavy atom. The molecule has 0 spiro atoms. The van der Waals surface area contributed by atoms with Crippen LogP contribution in [0.2, 0.25) is 0 Å². The van der Waals surface area contributed by atoms with Crippen LogP contribution < -0.4 is 20.4 Å². The second-order valence-electron chi connectivity index (χ2n) is 9.62. The van der Waals surface area contributed by atoms with Gasteiger partial charge in [0, 0.05) is 18.4 Å². The summed E-state index contributed by atoms with van der Waals surface area (Å²) in [6, 6.07) is 12.9. The number of nitrogens with zero attached hydrogens (tertiary/aromatic N) is 2. The minimum atomic E-state index is -1.15. The van der Waals surface area contributed by atoms with Crippen LogP contribution in [0, 0.1) is 5.92 Å². The van der Waals surface area contributed by atoms with E-state index in [1.54, 1.807) is 54.6 Å². The van der Waals surface area contributed by atoms with Crippen LogP contribution in [-0.4, -0.2) is 60.9 Å². The number of aldehydes is 1. The summed E-state index contributed by atoms with van der Waals surface area (Å²) in [7, 11) is 0. The Kier molecular flexibility index (Phi) is 9.48. The van der Waals surface area contributed by atoms with E-state index >= 15 is 0 Å². The Hall–Kier alpha value is -4.34. The van der Waals surface area contributed by atoms with E-state index in [2.05, 4.69) is 10.6 Å². The van der Waals surface area contributed by atoms with Crippen molar-refractivity contribution in [2.75, 3.05) is 22.9 Å². The Labute approximate surface area is 221 Å². The second-order valence-corrected chi connectivity index (χ2v) is 9.62. The van der Waals surface area contributed by atoms with Crippen molar-refractivity contribution in [2.45, 2.75) is 45.7 Å². The van der Waals surface area contributed by atoms with Crippen molar-refractivity contribution in [3.05, 3.63) is 60.2 Å². The van der Waals surface area contributed by atoms with Gasteiger partial charge in [-0.2, -0.15) is 0 Å². The van der Waals surface area contributed by atoms with E-state index in [-0.39, 0.29) is 37.0 Å². The fourth-order valence-corrected chi connectivity index (χ4v) is 4.22. The van der Waals surface area contributed by atoms with Gasteiger partial charge in [0.05, 0.1) is 24.0 Å². The van der Waals surface area contributed by atoms with Crippen LogP contribution in [0.25, 0.3) is 0 Å². The molecule has 0 aliphatic carbocycles. The zero-order chi connectivity index (χ0) is 27.8. The largest absolute Gasteiger partial charge is 0.345 e. The van der Waals surface area contributed by atoms with Crippen LogP contribution in [0.5, 0.6) is 0 Å². The lowest BCUT2D eigenvalue weighted by atomic mass is 10.1. The molecule has 2 aromatic carbocycles. The molecule has 38 heavy (non-hydrogen) atoms. The van der Waals surface area contributed by atoms with Crippen LogP contribution in [-0.2, 0) is 24.0 Å². The van der Waals surface area contributed by atoms with Crippen molar-refractivity contribution in [3.8, 4) is 0 Å². The molecule has 2 atom stereocenters. The van der Waals surface area contributed by atoms with Gasteiger partial charge < -0.3 is 20.3 Å². The predicted molar refractivity (Wildman–Crippen MR) is 142 cm³/mol. The molecule has 10 heteroatoms. The number of rotatable bonds is 10. The Morgan fingerprint density at radius 3 is 2.21 bits per heavy atom. The molecule has 0 radical (unpaired) electrons. The topological polar surface area (TPSA) is 133 Å². The van der Waals surface area contributed by atoms with Gasteiger partial charge in [0.1, 0.15) is 24.7 Å². The van der Waals surface area contributed by atoms with Crippen molar-refractivity contribution in [1.29, 1.82) is 0 Å². The molecule has 0 aromatic heterocycles. The zero-order valence-electron chi connectivity index (χ0n) is 21.7. The molecule has 10 nitrogen and oxygen atoms in total. The first-order chi connectivity index (χ1) is 18.1. The standard InChI is InChI=1S/C28H32N4O6/c1-18(2)13-26(36)31-15-22(30-27(37)20-9-5-4-6-10-20)28(38)32(24-12-8-7-11-23(24)31)16-25(35)29-21(17-33)14-19(3)34/h4-12,17-18,21-22H,13-16H2,1-3H3,(H,29,35)(H,30,37)/t21-,22-/m0/s1. The lowest BCUT2D eigenvalue weighted by molar-refractivity contribution is -0.127. The number of carbonyl (C=O) groups excluding carboxylic acids is 6. The Balaban J connectivity index is 1.98. The number of carbonyl (C=O) groups is 6. The van der Waals surface area contributed by atoms with Crippen molar-refractivity contribution in [3.63, 3.8) is 0 Å². The van der Waals surface area contributed by atoms with E-state index in [1.807, 2.05) is 13.8 Å². The van der Waals surface area contributed by atoms with Gasteiger partial charge in [0.2, 0.25) is 11.8 Å². The molecular weight excluding hydrogens is 488 g/mol. The number of para-hydroxylation sites is 2. The van der Waals surface area contributed by atoms with Crippen LogP contribution in [0.3, 0.4) is 0 Å². The van der Waals surface area contributed by atoms with E-state index < -0.39 is 36.3 Å². The average molecular weight is 521 g/mol. The third kappa shape index (κ3) is 7.12. The fourth-order valence-electron chi connectivity index (χ4n) is 4.22. The van der Waals surface area contributed by atoms with Gasteiger partial charge in [-0.05, 0) is 37.1 Å². The van der Waals surface area contributed by atoms with Gasteiger partial charge in [-0.1, -0.05) is 44.2 Å². The zero-order valence-corrected chi connectivity index (χ0v) is 21.7. The minimum absolute atomic E-state index is 0.0504. The van der Waals surface area contributed by atoms with Gasteiger partial charge in [-0.15, -0.1) is 0 Å². The molecule has 0 unspecified atom stereocenters. The van der Waals surface area contributed by atoms with Crippen molar-refractivity contribution in [2.24, 2.45) is 5.92 Å². The van der Waals surface area contributed by atoms with Crippen molar-refractivity contribution < 1.29 is 28.8 Å². The summed E-state index contributed by atoms with van der Waals surface area (Å²) in [5, 5.41) is 5.19. The maximum absolute atomic E-state index is 13.8. The van der Waals surface area contributed by atoms with E-state index in [1.165, 1.54) is 16.7 Å². The number of amides is 4. The molecule has 0 bridgehead atoms. The van der Waals surface area contributed by atoms with Gasteiger partial charge in [-0.25, -0.2) is 0 Å². The molecule has 4 amide bonds. The molecule has 2 aromatic rings. The number of hydrogen-bond donors (Lipinski definition) is 2. The summed E-state index contributed by atoms with van der Waals surface area (Å²) in [6.45, 7) is 4.51. The highest BCUT2D eigenvalue weighted by Crippen LogP contribution is 2.33. The Bertz CT molecular complexity index is 1210. The summed E-state index contributed by atoms with van der Waals surface area (Å²) in [5.74, 6) is -2.21. The minimum Gasteiger partial charge on any atom is -0.345 e. The summed E-state index contributed by atoms with van der Waals surface area (Å²) in [5.41, 5.74) is 1.08. The third-order valence-corrected chi connectivity index (χ3v) is 5.94. The van der Waals surface area contributed by atoms with Crippen molar-refractivity contribution in [1.82, 2.24) is 10.6 Å². The van der Waals surface area contributed by atoms with E-state index in [0.717, 1.165) is 0 Å². The maximum Gasteiger partial charge on any atom is 0.251 e. The maximum atomic E-state index is 13.8. The number of hydrogen-bond acceptors (Lipinski definition) is 6. The normalized spacial score (nSPS) is 15.8. The summed E-state index contributed by atoms with van der Waals surface area (Å²) in [4.78, 5) is 78.4. The molecule has 0 saturated heterocycles. The van der Waals surface area contributed by atoms with E-state index in [9.17, 15) is 28.8 Å². The number of anilines is 2. The molecule has 200 valence electrons. The molecule has 1 aliphatic heterocycles. The molecule has 0 saturated carbocycles. The van der Waals surface area contributed by atoms with Crippen LogP contribution in [0.4, 0.5) is 11.4 Å². The quantitative estimate of drug-likeness (QED) is 0.460. The smallest absolute Gasteiger partial charge is 0.251 e. The Morgan fingerprint density at radius 2 is 1.61 bits per heavy atom. The number of Topliss-reactive ketones (excluding diaryl/α,β-unsaturated/α-hetero) is 1. The summed E-state index contributed by atoms with van der Waals surface area (Å²) in [6.07, 6.45) is 0.508. The number of benzene rings is 2. The fraction of sp³-hybridized carbons (Fsp3) is 0.357. The molecule has 1 aliphatic rings. The lowest BCUT2D eigenvalue weighted by Gasteiger charge is -2.26. The van der Waals surface area contributed by atoms with Crippen LogP contribution in [0.15, 0.2) is 54.6 Å². The highest BCUT2D eigenvalue weighted by atomic mass is 16.2. The third-order valence-electron chi connectivity index (χ3n) is 5.94.